The van der Waals surface area contributed by atoms with E-state index in [-0.39, 0.29) is 0 Å². The highest BCUT2D eigenvalue weighted by Gasteiger charge is 2.16. The SMILES string of the molecule is CCNC(=NCC1CCN(C)CC1)NCCSc1ccc(Cl)cc1. The van der Waals surface area contributed by atoms with E-state index in [0.717, 1.165) is 42.3 Å². The summed E-state index contributed by atoms with van der Waals surface area (Å²) in [6.07, 6.45) is 2.51. The summed E-state index contributed by atoms with van der Waals surface area (Å²) in [5.41, 5.74) is 0. The average molecular weight is 369 g/mol. The van der Waals surface area contributed by atoms with Gasteiger partial charge in [-0.15, -0.1) is 11.8 Å². The molecule has 0 radical (unpaired) electrons. The minimum Gasteiger partial charge on any atom is -0.357 e. The van der Waals surface area contributed by atoms with Gasteiger partial charge in [0.15, 0.2) is 5.96 Å². The first-order valence-electron chi connectivity index (χ1n) is 8.76. The number of hydrogen-bond donors (Lipinski definition) is 2. The minimum absolute atomic E-state index is 0.722. The van der Waals surface area contributed by atoms with Gasteiger partial charge in [-0.3, -0.25) is 4.99 Å². The highest BCUT2D eigenvalue weighted by atomic mass is 35.5. The zero-order valence-electron chi connectivity index (χ0n) is 14.7. The largest absolute Gasteiger partial charge is 0.357 e. The Morgan fingerprint density at radius 1 is 1.25 bits per heavy atom. The number of rotatable bonds is 7. The molecular weight excluding hydrogens is 340 g/mol. The number of likely N-dealkylation sites (tertiary alicyclic amines) is 1. The number of halogens is 1. The molecule has 1 aromatic rings. The molecule has 0 atom stereocenters. The summed E-state index contributed by atoms with van der Waals surface area (Å²) in [6.45, 7) is 7.21. The molecule has 0 bridgehead atoms. The van der Waals surface area contributed by atoms with Crippen LogP contribution >= 0.6 is 23.4 Å². The first kappa shape index (κ1) is 19.4. The molecule has 0 aliphatic carbocycles. The van der Waals surface area contributed by atoms with Crippen LogP contribution in [0, 0.1) is 5.92 Å². The zero-order chi connectivity index (χ0) is 17.2. The van der Waals surface area contributed by atoms with Crippen LogP contribution in [0.1, 0.15) is 19.8 Å². The number of nitrogens with zero attached hydrogens (tertiary/aromatic N) is 2. The van der Waals surface area contributed by atoms with E-state index in [0.29, 0.717) is 0 Å². The molecule has 2 N–H and O–H groups in total. The van der Waals surface area contributed by atoms with Crippen molar-refractivity contribution in [2.45, 2.75) is 24.7 Å². The summed E-state index contributed by atoms with van der Waals surface area (Å²) in [6, 6.07) is 7.99. The molecule has 1 saturated heterocycles. The Morgan fingerprint density at radius 3 is 2.62 bits per heavy atom. The lowest BCUT2D eigenvalue weighted by Crippen LogP contribution is -2.39. The van der Waals surface area contributed by atoms with E-state index in [4.69, 9.17) is 16.6 Å². The van der Waals surface area contributed by atoms with E-state index in [9.17, 15) is 0 Å². The maximum Gasteiger partial charge on any atom is 0.191 e. The van der Waals surface area contributed by atoms with E-state index in [1.54, 1.807) is 0 Å². The Kier molecular flexibility index (Phi) is 8.78. The van der Waals surface area contributed by atoms with Crippen LogP contribution < -0.4 is 10.6 Å². The van der Waals surface area contributed by atoms with Gasteiger partial charge in [-0.25, -0.2) is 0 Å². The van der Waals surface area contributed by atoms with E-state index in [1.807, 2.05) is 23.9 Å². The first-order valence-corrected chi connectivity index (χ1v) is 10.1. The van der Waals surface area contributed by atoms with Crippen LogP contribution in [0.4, 0.5) is 0 Å². The number of hydrogen-bond acceptors (Lipinski definition) is 3. The Balaban J connectivity index is 1.69. The van der Waals surface area contributed by atoms with Gasteiger partial charge in [-0.1, -0.05) is 11.6 Å². The maximum absolute atomic E-state index is 5.91. The van der Waals surface area contributed by atoms with Crippen LogP contribution in [0.5, 0.6) is 0 Å². The summed E-state index contributed by atoms with van der Waals surface area (Å²) in [7, 11) is 2.20. The van der Waals surface area contributed by atoms with Gasteiger partial charge in [0.25, 0.3) is 0 Å². The summed E-state index contributed by atoms with van der Waals surface area (Å²) in [4.78, 5) is 8.41. The number of aliphatic imine (C=N–C) groups is 1. The van der Waals surface area contributed by atoms with Crippen LogP contribution in [0.2, 0.25) is 5.02 Å². The molecule has 1 aliphatic rings. The molecule has 1 aliphatic heterocycles. The fourth-order valence-electron chi connectivity index (χ4n) is 2.68. The molecule has 4 nitrogen and oxygen atoms in total. The molecule has 0 saturated carbocycles. The minimum atomic E-state index is 0.722. The van der Waals surface area contributed by atoms with Crippen molar-refractivity contribution in [3.63, 3.8) is 0 Å². The van der Waals surface area contributed by atoms with Gasteiger partial charge in [0.2, 0.25) is 0 Å². The molecule has 24 heavy (non-hydrogen) atoms. The van der Waals surface area contributed by atoms with E-state index in [2.05, 4.69) is 41.6 Å². The fourth-order valence-corrected chi connectivity index (χ4v) is 3.57. The molecule has 0 spiro atoms. The predicted octanol–water partition coefficient (Wildman–Crippen LogP) is 3.33. The van der Waals surface area contributed by atoms with E-state index in [1.165, 1.54) is 30.8 Å². The third kappa shape index (κ3) is 7.32. The topological polar surface area (TPSA) is 39.7 Å². The first-order chi connectivity index (χ1) is 11.7. The van der Waals surface area contributed by atoms with Gasteiger partial charge in [0.1, 0.15) is 0 Å². The maximum atomic E-state index is 5.91. The number of thioether (sulfide) groups is 1. The van der Waals surface area contributed by atoms with Crippen molar-refractivity contribution >= 4 is 29.3 Å². The van der Waals surface area contributed by atoms with Crippen molar-refractivity contribution in [3.05, 3.63) is 29.3 Å². The highest BCUT2D eigenvalue weighted by molar-refractivity contribution is 7.99. The molecule has 1 heterocycles. The van der Waals surface area contributed by atoms with Crippen molar-refractivity contribution in [2.24, 2.45) is 10.9 Å². The van der Waals surface area contributed by atoms with Crippen molar-refractivity contribution in [3.8, 4) is 0 Å². The fraction of sp³-hybridized carbons (Fsp3) is 0.611. The zero-order valence-corrected chi connectivity index (χ0v) is 16.3. The number of benzene rings is 1. The third-order valence-corrected chi connectivity index (χ3v) is 5.43. The summed E-state index contributed by atoms with van der Waals surface area (Å²) < 4.78 is 0. The van der Waals surface area contributed by atoms with Gasteiger partial charge in [0, 0.05) is 35.3 Å². The lowest BCUT2D eigenvalue weighted by Gasteiger charge is -2.28. The molecule has 6 heteroatoms. The van der Waals surface area contributed by atoms with Gasteiger partial charge >= 0.3 is 0 Å². The molecule has 0 aromatic heterocycles. The second kappa shape index (κ2) is 10.9. The van der Waals surface area contributed by atoms with E-state index >= 15 is 0 Å². The van der Waals surface area contributed by atoms with Crippen LogP contribution in [0.25, 0.3) is 0 Å². The van der Waals surface area contributed by atoms with Crippen molar-refractivity contribution in [1.29, 1.82) is 0 Å². The van der Waals surface area contributed by atoms with Gasteiger partial charge in [0.05, 0.1) is 0 Å². The van der Waals surface area contributed by atoms with Crippen LogP contribution in [0.15, 0.2) is 34.2 Å². The van der Waals surface area contributed by atoms with Gasteiger partial charge in [-0.05, 0) is 70.1 Å². The highest BCUT2D eigenvalue weighted by Crippen LogP contribution is 2.19. The van der Waals surface area contributed by atoms with Crippen LogP contribution in [-0.4, -0.2) is 56.4 Å². The molecule has 0 amide bonds. The summed E-state index contributed by atoms with van der Waals surface area (Å²) in [5.74, 6) is 2.66. The lowest BCUT2D eigenvalue weighted by molar-refractivity contribution is 0.223. The molecule has 1 aromatic carbocycles. The summed E-state index contributed by atoms with van der Waals surface area (Å²) in [5, 5.41) is 7.56. The second-order valence-electron chi connectivity index (χ2n) is 6.20. The standard InChI is InChI=1S/C18H29ClN4S/c1-3-20-18(22-14-15-8-11-23(2)12-9-15)21-10-13-24-17-6-4-16(19)5-7-17/h4-7,15H,3,8-14H2,1-2H3,(H2,20,21,22). The molecular formula is C18H29ClN4S. The average Bonchev–Trinajstić information content (AvgIpc) is 2.59. The van der Waals surface area contributed by atoms with Crippen molar-refractivity contribution in [2.75, 3.05) is 45.5 Å². The van der Waals surface area contributed by atoms with E-state index < -0.39 is 0 Å². The molecule has 134 valence electrons. The van der Waals surface area contributed by atoms with Gasteiger partial charge < -0.3 is 15.5 Å². The number of nitrogens with one attached hydrogen (secondary N) is 2. The number of guanidine groups is 1. The van der Waals surface area contributed by atoms with Crippen LogP contribution in [-0.2, 0) is 0 Å². The quantitative estimate of drug-likeness (QED) is 0.335. The molecule has 2 rings (SSSR count). The third-order valence-electron chi connectivity index (χ3n) is 4.17. The number of piperidine rings is 1. The van der Waals surface area contributed by atoms with Crippen molar-refractivity contribution < 1.29 is 0 Å². The Morgan fingerprint density at radius 2 is 1.96 bits per heavy atom. The van der Waals surface area contributed by atoms with Crippen LogP contribution in [0.3, 0.4) is 0 Å². The molecule has 0 unspecified atom stereocenters. The smallest absolute Gasteiger partial charge is 0.191 e. The monoisotopic (exact) mass is 368 g/mol. The molecule has 1 fully saturated rings. The van der Waals surface area contributed by atoms with Crippen molar-refractivity contribution in [1.82, 2.24) is 15.5 Å². The lowest BCUT2D eigenvalue weighted by atomic mass is 9.97. The second-order valence-corrected chi connectivity index (χ2v) is 7.80. The Labute approximate surface area is 155 Å². The normalized spacial score (nSPS) is 17.0. The van der Waals surface area contributed by atoms with Gasteiger partial charge in [-0.2, -0.15) is 0 Å². The predicted molar refractivity (Wildman–Crippen MR) is 106 cm³/mol. The Hall–Kier alpha value is -0.910. The Bertz CT molecular complexity index is 498. The summed E-state index contributed by atoms with van der Waals surface area (Å²) >= 11 is 7.73.